The first-order valence-electron chi connectivity index (χ1n) is 11.8. The van der Waals surface area contributed by atoms with Gasteiger partial charge in [-0.2, -0.15) is 13.2 Å². The predicted octanol–water partition coefficient (Wildman–Crippen LogP) is 7.33. The number of nitrogens with one attached hydrogen (secondary N) is 1. The summed E-state index contributed by atoms with van der Waals surface area (Å²) in [6.45, 7) is 1.21. The Bertz CT molecular complexity index is 1390. The lowest BCUT2D eigenvalue weighted by atomic mass is 10.1. The summed E-state index contributed by atoms with van der Waals surface area (Å²) < 4.78 is 47.7. The highest BCUT2D eigenvalue weighted by molar-refractivity contribution is 8.00. The van der Waals surface area contributed by atoms with Gasteiger partial charge in [0.05, 0.1) is 33.8 Å². The number of hydrogen-bond acceptors (Lipinski definition) is 6. The number of thioether (sulfide) groups is 1. The number of anilines is 1. The summed E-state index contributed by atoms with van der Waals surface area (Å²) in [6, 6.07) is 15.7. The Hall–Kier alpha value is -2.86. The van der Waals surface area contributed by atoms with Gasteiger partial charge in [0.1, 0.15) is 5.25 Å². The smallest absolute Gasteiger partial charge is 0.376 e. The molecule has 198 valence electrons. The fraction of sp³-hybridized carbons (Fsp3) is 0.269. The van der Waals surface area contributed by atoms with E-state index in [0.717, 1.165) is 35.9 Å². The second kappa shape index (κ2) is 11.5. The van der Waals surface area contributed by atoms with E-state index in [-0.39, 0.29) is 16.8 Å². The van der Waals surface area contributed by atoms with Gasteiger partial charge >= 0.3 is 6.18 Å². The largest absolute Gasteiger partial charge is 0.416 e. The molecule has 12 heteroatoms. The van der Waals surface area contributed by atoms with Crippen LogP contribution in [0.5, 0.6) is 0 Å². The number of amides is 1. The molecular formula is C26H22ClF3N4O2S2. The summed E-state index contributed by atoms with van der Waals surface area (Å²) in [5.41, 5.74) is -0.367. The second-order valence-electron chi connectivity index (χ2n) is 8.62. The van der Waals surface area contributed by atoms with E-state index >= 15 is 0 Å². The molecule has 0 radical (unpaired) electrons. The highest BCUT2D eigenvalue weighted by atomic mass is 35.5. The first-order chi connectivity index (χ1) is 18.3. The number of rotatable bonds is 8. The van der Waals surface area contributed by atoms with Gasteiger partial charge in [0.25, 0.3) is 0 Å². The van der Waals surface area contributed by atoms with Crippen LogP contribution in [-0.2, 0) is 22.3 Å². The van der Waals surface area contributed by atoms with Gasteiger partial charge in [-0.15, -0.1) is 21.5 Å². The molecule has 1 aliphatic rings. The van der Waals surface area contributed by atoms with Crippen LogP contribution in [0, 0.1) is 0 Å². The topological polar surface area (TPSA) is 69.0 Å². The molecule has 2 aromatic heterocycles. The maximum atomic E-state index is 13.6. The predicted molar refractivity (Wildman–Crippen MR) is 142 cm³/mol. The number of thiophene rings is 1. The Morgan fingerprint density at radius 2 is 2.00 bits per heavy atom. The number of hydrogen-bond donors (Lipinski definition) is 1. The Morgan fingerprint density at radius 1 is 1.18 bits per heavy atom. The van der Waals surface area contributed by atoms with Gasteiger partial charge in [0.2, 0.25) is 5.91 Å². The minimum atomic E-state index is -4.57. The summed E-state index contributed by atoms with van der Waals surface area (Å²) in [7, 11) is 0. The lowest BCUT2D eigenvalue weighted by Crippen LogP contribution is -2.21. The standard InChI is InChI=1S/C26H22ClF3N4O2S2/c27-19-11-10-17(26(28,29)30)14-20(19)31-24(35)22(16-6-2-1-3-7-16)38-25-33-32-23(21-9-5-13-37-21)34(25)15-18-8-4-12-36-18/h1-3,5-7,9-11,13-14,18,22H,4,8,12,15H2,(H,31,35)/t18-,22+/m0/s1. The minimum absolute atomic E-state index is 0.00280. The summed E-state index contributed by atoms with van der Waals surface area (Å²) in [4.78, 5) is 14.5. The molecule has 0 aliphatic carbocycles. The zero-order valence-electron chi connectivity index (χ0n) is 19.8. The number of carbonyl (C=O) groups is 1. The SMILES string of the molecule is O=C(Nc1cc(C(F)(F)F)ccc1Cl)[C@H](Sc1nnc(-c2cccs2)n1C[C@@H]1CCCO1)c1ccccc1. The third-order valence-electron chi connectivity index (χ3n) is 5.98. The minimum Gasteiger partial charge on any atom is -0.376 e. The van der Waals surface area contributed by atoms with Crippen molar-refractivity contribution in [3.05, 3.63) is 82.2 Å². The van der Waals surface area contributed by atoms with Crippen molar-refractivity contribution in [2.75, 3.05) is 11.9 Å². The normalized spacial score (nSPS) is 16.5. The molecular weight excluding hydrogens is 557 g/mol. The molecule has 4 aromatic rings. The summed E-state index contributed by atoms with van der Waals surface area (Å²) >= 11 is 8.86. The quantitative estimate of drug-likeness (QED) is 0.222. The Balaban J connectivity index is 1.48. The maximum Gasteiger partial charge on any atom is 0.416 e. The van der Waals surface area contributed by atoms with Crippen LogP contribution in [0.3, 0.4) is 0 Å². The van der Waals surface area contributed by atoms with Gasteiger partial charge in [-0.25, -0.2) is 0 Å². The number of ether oxygens (including phenoxy) is 1. The van der Waals surface area contributed by atoms with Crippen LogP contribution in [-0.4, -0.2) is 33.4 Å². The molecule has 1 fully saturated rings. The van der Waals surface area contributed by atoms with Crippen LogP contribution in [0.25, 0.3) is 10.7 Å². The van der Waals surface area contributed by atoms with Crippen LogP contribution in [0.1, 0.15) is 29.2 Å². The molecule has 38 heavy (non-hydrogen) atoms. The molecule has 5 rings (SSSR count). The number of benzene rings is 2. The van der Waals surface area contributed by atoms with E-state index in [1.165, 1.54) is 23.1 Å². The monoisotopic (exact) mass is 578 g/mol. The molecule has 1 saturated heterocycles. The number of carbonyl (C=O) groups excluding carboxylic acids is 1. The molecule has 0 unspecified atom stereocenters. The van der Waals surface area contributed by atoms with E-state index in [4.69, 9.17) is 16.3 Å². The van der Waals surface area contributed by atoms with E-state index in [1.807, 2.05) is 28.1 Å². The number of nitrogens with zero attached hydrogens (tertiary/aromatic N) is 3. The maximum absolute atomic E-state index is 13.6. The van der Waals surface area contributed by atoms with Crippen molar-refractivity contribution in [1.29, 1.82) is 0 Å². The summed E-state index contributed by atoms with van der Waals surface area (Å²) in [5, 5.41) is 13.0. The molecule has 2 aromatic carbocycles. The van der Waals surface area contributed by atoms with E-state index in [9.17, 15) is 18.0 Å². The lowest BCUT2D eigenvalue weighted by molar-refractivity contribution is -0.137. The fourth-order valence-electron chi connectivity index (χ4n) is 4.12. The van der Waals surface area contributed by atoms with Gasteiger partial charge in [-0.1, -0.05) is 59.8 Å². The highest BCUT2D eigenvalue weighted by Gasteiger charge is 2.32. The third-order valence-corrected chi connectivity index (χ3v) is 8.41. The van der Waals surface area contributed by atoms with Crippen LogP contribution in [0.4, 0.5) is 18.9 Å². The Morgan fingerprint density at radius 3 is 2.68 bits per heavy atom. The van der Waals surface area contributed by atoms with Crippen molar-refractivity contribution in [2.45, 2.75) is 42.1 Å². The molecule has 1 N–H and O–H groups in total. The van der Waals surface area contributed by atoms with E-state index < -0.39 is 22.9 Å². The van der Waals surface area contributed by atoms with Gasteiger partial charge < -0.3 is 10.1 Å². The molecule has 0 spiro atoms. The van der Waals surface area contributed by atoms with Crippen molar-refractivity contribution in [3.8, 4) is 10.7 Å². The van der Waals surface area contributed by atoms with Crippen molar-refractivity contribution in [1.82, 2.24) is 14.8 Å². The first kappa shape index (κ1) is 26.7. The van der Waals surface area contributed by atoms with Crippen molar-refractivity contribution in [2.24, 2.45) is 0 Å². The molecule has 6 nitrogen and oxygen atoms in total. The van der Waals surface area contributed by atoms with E-state index in [0.29, 0.717) is 29.7 Å². The average Bonchev–Trinajstić information content (AvgIpc) is 3.67. The molecule has 0 saturated carbocycles. The van der Waals surface area contributed by atoms with E-state index in [1.54, 1.807) is 24.3 Å². The first-order valence-corrected chi connectivity index (χ1v) is 13.9. The van der Waals surface area contributed by atoms with Crippen LogP contribution >= 0.6 is 34.7 Å². The van der Waals surface area contributed by atoms with Crippen molar-refractivity contribution in [3.63, 3.8) is 0 Å². The summed E-state index contributed by atoms with van der Waals surface area (Å²) in [5.74, 6) is 0.137. The van der Waals surface area contributed by atoms with Crippen LogP contribution < -0.4 is 5.32 Å². The number of aromatic nitrogens is 3. The number of alkyl halides is 3. The molecule has 3 heterocycles. The van der Waals surface area contributed by atoms with E-state index in [2.05, 4.69) is 15.5 Å². The molecule has 1 aliphatic heterocycles. The lowest BCUT2D eigenvalue weighted by Gasteiger charge is -2.19. The average molecular weight is 579 g/mol. The Labute approximate surface area is 230 Å². The van der Waals surface area contributed by atoms with Gasteiger partial charge in [0.15, 0.2) is 11.0 Å². The Kier molecular flexibility index (Phi) is 8.08. The van der Waals surface area contributed by atoms with Crippen LogP contribution in [0.2, 0.25) is 5.02 Å². The zero-order valence-corrected chi connectivity index (χ0v) is 22.2. The van der Waals surface area contributed by atoms with Crippen molar-refractivity contribution < 1.29 is 22.7 Å². The molecule has 0 bridgehead atoms. The van der Waals surface area contributed by atoms with Gasteiger partial charge in [0, 0.05) is 6.61 Å². The summed E-state index contributed by atoms with van der Waals surface area (Å²) in [6.07, 6.45) is -2.70. The number of halogens is 4. The zero-order chi connectivity index (χ0) is 26.7. The van der Waals surface area contributed by atoms with Gasteiger partial charge in [-0.3, -0.25) is 9.36 Å². The van der Waals surface area contributed by atoms with Crippen LogP contribution in [0.15, 0.2) is 71.2 Å². The highest BCUT2D eigenvalue weighted by Crippen LogP contribution is 2.39. The molecule has 1 amide bonds. The fourth-order valence-corrected chi connectivity index (χ4v) is 6.05. The van der Waals surface area contributed by atoms with Crippen molar-refractivity contribution >= 4 is 46.3 Å². The third kappa shape index (κ3) is 6.06. The van der Waals surface area contributed by atoms with Gasteiger partial charge in [-0.05, 0) is 48.1 Å². The molecule has 2 atom stereocenters. The second-order valence-corrected chi connectivity index (χ2v) is 11.0.